The van der Waals surface area contributed by atoms with Gasteiger partial charge in [0.05, 0.1) is 6.54 Å². The summed E-state index contributed by atoms with van der Waals surface area (Å²) >= 11 is 0. The van der Waals surface area contributed by atoms with Crippen LogP contribution in [-0.4, -0.2) is 25.5 Å². The molecule has 0 spiro atoms. The lowest BCUT2D eigenvalue weighted by molar-refractivity contribution is -0.137. The third-order valence-electron chi connectivity index (χ3n) is 0.752. The highest BCUT2D eigenvalue weighted by Gasteiger charge is 1.96. The molecule has 0 radical (unpaired) electrons. The number of hydroxylamine groups is 1. The Balaban J connectivity index is 3.24. The molecule has 0 aromatic carbocycles. The highest BCUT2D eigenvalue weighted by atomic mass is 16.7. The maximum atomic E-state index is 10.6. The van der Waals surface area contributed by atoms with E-state index in [-0.39, 0.29) is 25.5 Å². The average Bonchev–Trinajstić information content (AvgIpc) is 2.01. The summed E-state index contributed by atoms with van der Waals surface area (Å²) in [6.45, 7) is 0.260. The van der Waals surface area contributed by atoms with Gasteiger partial charge >= 0.3 is 6.47 Å². The maximum absolute atomic E-state index is 10.6. The fraction of sp³-hybridized carbons (Fsp3) is 0.333. The van der Waals surface area contributed by atoms with Gasteiger partial charge in [-0.3, -0.25) is 9.59 Å². The van der Waals surface area contributed by atoms with Crippen molar-refractivity contribution in [2.24, 2.45) is 0 Å². The fourth-order valence-electron chi connectivity index (χ4n) is 0.353. The molecule has 0 aromatic rings. The number of rotatable bonds is 5. The first-order valence-electron chi connectivity index (χ1n) is 2.83. The fourth-order valence-corrected chi connectivity index (χ4v) is 0.353. The predicted octanol–water partition coefficient (Wildman–Crippen LogP) is -1.59. The highest BCUT2D eigenvalue weighted by molar-refractivity contribution is 5.78. The summed E-state index contributed by atoms with van der Waals surface area (Å²) in [5, 5.41) is 2.36. The lowest BCUT2D eigenvalue weighted by atomic mass is 10.5. The second kappa shape index (κ2) is 6.58. The van der Waals surface area contributed by atoms with E-state index in [1.54, 1.807) is 0 Å². The van der Waals surface area contributed by atoms with Gasteiger partial charge in [-0.15, -0.1) is 11.9 Å². The number of carbonyl (C=O) groups is 2. The minimum atomic E-state index is -0.329. The van der Waals surface area contributed by atoms with E-state index in [4.69, 9.17) is 6.42 Å². The Morgan fingerprint density at radius 2 is 2.45 bits per heavy atom. The first kappa shape index (κ1) is 9.46. The third-order valence-corrected chi connectivity index (χ3v) is 0.752. The molecule has 0 saturated heterocycles. The van der Waals surface area contributed by atoms with Gasteiger partial charge < -0.3 is 10.2 Å². The zero-order chi connectivity index (χ0) is 8.53. The van der Waals surface area contributed by atoms with E-state index in [9.17, 15) is 9.59 Å². The van der Waals surface area contributed by atoms with Crippen molar-refractivity contribution >= 4 is 12.4 Å². The summed E-state index contributed by atoms with van der Waals surface area (Å²) < 4.78 is 0. The Morgan fingerprint density at radius 3 is 3.00 bits per heavy atom. The van der Waals surface area contributed by atoms with Crippen LogP contribution < -0.4 is 10.8 Å². The predicted molar refractivity (Wildman–Crippen MR) is 37.0 cm³/mol. The Hall–Kier alpha value is -1.54. The van der Waals surface area contributed by atoms with Crippen LogP contribution in [0.15, 0.2) is 0 Å². The Kier molecular flexibility index (Phi) is 5.66. The zero-order valence-electron chi connectivity index (χ0n) is 5.79. The molecule has 0 fully saturated rings. The molecule has 5 heteroatoms. The molecule has 1 amide bonds. The normalized spacial score (nSPS) is 7.91. The van der Waals surface area contributed by atoms with E-state index in [1.807, 2.05) is 0 Å². The van der Waals surface area contributed by atoms with Gasteiger partial charge in [-0.2, -0.15) is 0 Å². The van der Waals surface area contributed by atoms with Crippen molar-refractivity contribution in [3.8, 4) is 12.3 Å². The number of amides is 1. The van der Waals surface area contributed by atoms with E-state index in [2.05, 4.69) is 21.6 Å². The van der Waals surface area contributed by atoms with Gasteiger partial charge in [0.25, 0.3) is 0 Å². The number of hydrogen-bond donors (Lipinski definition) is 2. The monoisotopic (exact) mass is 156 g/mol. The first-order valence-corrected chi connectivity index (χ1v) is 2.83. The molecule has 0 bridgehead atoms. The van der Waals surface area contributed by atoms with E-state index < -0.39 is 0 Å². The van der Waals surface area contributed by atoms with Crippen molar-refractivity contribution in [2.75, 3.05) is 13.1 Å². The van der Waals surface area contributed by atoms with Crippen molar-refractivity contribution in [3.63, 3.8) is 0 Å². The SMILES string of the molecule is C#CCNC(=O)CNOC=O. The van der Waals surface area contributed by atoms with Crippen LogP contribution in [0.2, 0.25) is 0 Å². The maximum Gasteiger partial charge on any atom is 0.312 e. The molecule has 0 rings (SSSR count). The van der Waals surface area contributed by atoms with Gasteiger partial charge in [-0.05, 0) is 0 Å². The summed E-state index contributed by atoms with van der Waals surface area (Å²) in [5.41, 5.74) is 2.10. The van der Waals surface area contributed by atoms with Gasteiger partial charge in [-0.1, -0.05) is 5.92 Å². The van der Waals surface area contributed by atoms with Gasteiger partial charge in [-0.25, -0.2) is 0 Å². The molecule has 11 heavy (non-hydrogen) atoms. The lowest BCUT2D eigenvalue weighted by Crippen LogP contribution is -2.33. The smallest absolute Gasteiger partial charge is 0.312 e. The number of terminal acetylenes is 1. The Morgan fingerprint density at radius 1 is 1.73 bits per heavy atom. The lowest BCUT2D eigenvalue weighted by Gasteiger charge is -2.00. The van der Waals surface area contributed by atoms with Gasteiger partial charge in [0.2, 0.25) is 5.91 Å². The molecular formula is C6H8N2O3. The van der Waals surface area contributed by atoms with E-state index in [0.717, 1.165) is 0 Å². The minimum Gasteiger partial charge on any atom is -0.373 e. The van der Waals surface area contributed by atoms with E-state index in [0.29, 0.717) is 0 Å². The van der Waals surface area contributed by atoms with E-state index >= 15 is 0 Å². The van der Waals surface area contributed by atoms with Crippen molar-refractivity contribution in [1.82, 2.24) is 10.8 Å². The molecule has 60 valence electrons. The molecule has 0 aromatic heterocycles. The van der Waals surface area contributed by atoms with Crippen LogP contribution in [0.3, 0.4) is 0 Å². The van der Waals surface area contributed by atoms with Crippen LogP contribution in [0.5, 0.6) is 0 Å². The summed E-state index contributed by atoms with van der Waals surface area (Å²) in [6, 6.07) is 0. The zero-order valence-corrected chi connectivity index (χ0v) is 5.79. The second-order valence-electron chi connectivity index (χ2n) is 1.52. The topological polar surface area (TPSA) is 67.4 Å². The molecule has 2 N–H and O–H groups in total. The summed E-state index contributed by atoms with van der Waals surface area (Å²) in [5.74, 6) is 1.89. The minimum absolute atomic E-state index is 0.0968. The van der Waals surface area contributed by atoms with Crippen LogP contribution in [0.1, 0.15) is 0 Å². The average molecular weight is 156 g/mol. The molecule has 0 aliphatic rings. The molecule has 0 heterocycles. The van der Waals surface area contributed by atoms with Crippen molar-refractivity contribution < 1.29 is 14.4 Å². The number of nitrogens with one attached hydrogen (secondary N) is 2. The van der Waals surface area contributed by atoms with Crippen LogP contribution in [-0.2, 0) is 14.4 Å². The highest BCUT2D eigenvalue weighted by Crippen LogP contribution is 1.62. The molecule has 0 unspecified atom stereocenters. The van der Waals surface area contributed by atoms with Crippen molar-refractivity contribution in [2.45, 2.75) is 0 Å². The third kappa shape index (κ3) is 6.34. The Labute approximate surface area is 64.1 Å². The summed E-state index contributed by atoms with van der Waals surface area (Å²) in [4.78, 5) is 24.2. The van der Waals surface area contributed by atoms with Gasteiger partial charge in [0.15, 0.2) is 0 Å². The quantitative estimate of drug-likeness (QED) is 0.218. The van der Waals surface area contributed by atoms with E-state index in [1.165, 1.54) is 0 Å². The van der Waals surface area contributed by atoms with Crippen LogP contribution in [0, 0.1) is 12.3 Å². The Bertz CT molecular complexity index is 173. The van der Waals surface area contributed by atoms with Crippen molar-refractivity contribution in [1.29, 1.82) is 0 Å². The van der Waals surface area contributed by atoms with Gasteiger partial charge in [0, 0.05) is 0 Å². The van der Waals surface area contributed by atoms with Crippen LogP contribution in [0.4, 0.5) is 0 Å². The van der Waals surface area contributed by atoms with Crippen LogP contribution >= 0.6 is 0 Å². The van der Waals surface area contributed by atoms with Crippen LogP contribution in [0.25, 0.3) is 0 Å². The first-order chi connectivity index (χ1) is 5.31. The standard InChI is InChI=1S/C6H8N2O3/c1-2-3-7-6(10)4-8-11-5-9/h1,5,8H,3-4H2,(H,7,10). The molecule has 5 nitrogen and oxygen atoms in total. The van der Waals surface area contributed by atoms with Gasteiger partial charge in [0.1, 0.15) is 6.54 Å². The van der Waals surface area contributed by atoms with Crippen molar-refractivity contribution in [3.05, 3.63) is 0 Å². The largest absolute Gasteiger partial charge is 0.373 e. The summed E-state index contributed by atoms with van der Waals surface area (Å²) in [6.07, 6.45) is 4.86. The molecular weight excluding hydrogens is 148 g/mol. The molecule has 0 atom stereocenters. The molecule has 0 aliphatic carbocycles. The molecule has 0 saturated carbocycles. The second-order valence-corrected chi connectivity index (χ2v) is 1.52. The summed E-state index contributed by atoms with van der Waals surface area (Å²) in [7, 11) is 0. The molecule has 0 aliphatic heterocycles. The number of carbonyl (C=O) groups excluding carboxylic acids is 2. The number of hydrogen-bond acceptors (Lipinski definition) is 4.